The number of esters is 1. The van der Waals surface area contributed by atoms with Crippen molar-refractivity contribution in [3.8, 4) is 0 Å². The van der Waals surface area contributed by atoms with Crippen molar-refractivity contribution >= 4 is 12.1 Å². The molecule has 1 aliphatic rings. The Hall–Kier alpha value is -1.26. The van der Waals surface area contributed by atoms with E-state index in [1.165, 1.54) is 0 Å². The van der Waals surface area contributed by atoms with Crippen molar-refractivity contribution in [3.63, 3.8) is 0 Å². The van der Waals surface area contributed by atoms with Crippen LogP contribution >= 0.6 is 0 Å². The molecule has 5 nitrogen and oxygen atoms in total. The van der Waals surface area contributed by atoms with Gasteiger partial charge >= 0.3 is 12.1 Å². The normalized spacial score (nSPS) is 20.2. The summed E-state index contributed by atoms with van der Waals surface area (Å²) in [7, 11) is 0. The maximum absolute atomic E-state index is 12.0. The Kier molecular flexibility index (Phi) is 6.30. The minimum atomic E-state index is -0.465. The molecule has 20 heavy (non-hydrogen) atoms. The predicted molar refractivity (Wildman–Crippen MR) is 76.4 cm³/mol. The lowest BCUT2D eigenvalue weighted by atomic mass is 9.97. The van der Waals surface area contributed by atoms with Gasteiger partial charge in [0.2, 0.25) is 0 Å². The zero-order valence-electron chi connectivity index (χ0n) is 13.1. The molecule has 0 bridgehead atoms. The summed E-state index contributed by atoms with van der Waals surface area (Å²) in [5.41, 5.74) is -0.465. The SMILES string of the molecule is CCOC(=O)CC1CCCN(C(=O)OC(C)(C)C)CC1. The topological polar surface area (TPSA) is 55.8 Å². The zero-order valence-corrected chi connectivity index (χ0v) is 13.1. The van der Waals surface area contributed by atoms with Crippen LogP contribution in [0.15, 0.2) is 0 Å². The van der Waals surface area contributed by atoms with E-state index in [0.29, 0.717) is 32.0 Å². The average Bonchev–Trinajstić information content (AvgIpc) is 2.52. The van der Waals surface area contributed by atoms with Crippen molar-refractivity contribution in [2.45, 2.75) is 59.0 Å². The van der Waals surface area contributed by atoms with Gasteiger partial charge in [-0.05, 0) is 52.9 Å². The van der Waals surface area contributed by atoms with Crippen LogP contribution in [-0.4, -0.2) is 42.3 Å². The molecule has 0 N–H and O–H groups in total. The number of likely N-dealkylation sites (tertiary alicyclic amines) is 1. The Bertz CT molecular complexity index is 335. The van der Waals surface area contributed by atoms with Crippen LogP contribution in [0.5, 0.6) is 0 Å². The largest absolute Gasteiger partial charge is 0.466 e. The molecule has 1 atom stereocenters. The van der Waals surface area contributed by atoms with Crippen LogP contribution in [0, 0.1) is 5.92 Å². The first kappa shape index (κ1) is 16.8. The van der Waals surface area contributed by atoms with Gasteiger partial charge in [-0.25, -0.2) is 4.79 Å². The van der Waals surface area contributed by atoms with E-state index >= 15 is 0 Å². The fraction of sp³-hybridized carbons (Fsp3) is 0.867. The fourth-order valence-corrected chi connectivity index (χ4v) is 2.33. The summed E-state index contributed by atoms with van der Waals surface area (Å²) in [6.45, 7) is 9.20. The van der Waals surface area contributed by atoms with Crippen molar-refractivity contribution < 1.29 is 19.1 Å². The van der Waals surface area contributed by atoms with Crippen molar-refractivity contribution in [2.24, 2.45) is 5.92 Å². The van der Waals surface area contributed by atoms with E-state index in [2.05, 4.69) is 0 Å². The molecular formula is C15H27NO4. The third-order valence-corrected chi connectivity index (χ3v) is 3.26. The van der Waals surface area contributed by atoms with Gasteiger partial charge in [-0.3, -0.25) is 4.79 Å². The molecule has 1 amide bonds. The van der Waals surface area contributed by atoms with E-state index in [9.17, 15) is 9.59 Å². The number of carbonyl (C=O) groups is 2. The van der Waals surface area contributed by atoms with Crippen LogP contribution < -0.4 is 0 Å². The molecule has 5 heteroatoms. The number of hydrogen-bond donors (Lipinski definition) is 0. The van der Waals surface area contributed by atoms with Gasteiger partial charge in [-0.1, -0.05) is 0 Å². The monoisotopic (exact) mass is 285 g/mol. The highest BCUT2D eigenvalue weighted by Gasteiger charge is 2.26. The molecule has 0 saturated carbocycles. The summed E-state index contributed by atoms with van der Waals surface area (Å²) < 4.78 is 10.4. The minimum Gasteiger partial charge on any atom is -0.466 e. The Morgan fingerprint density at radius 1 is 1.20 bits per heavy atom. The lowest BCUT2D eigenvalue weighted by molar-refractivity contribution is -0.144. The average molecular weight is 285 g/mol. The summed E-state index contributed by atoms with van der Waals surface area (Å²) in [5, 5.41) is 0. The molecular weight excluding hydrogens is 258 g/mol. The summed E-state index contributed by atoms with van der Waals surface area (Å²) in [6.07, 6.45) is 2.89. The first-order valence-corrected chi connectivity index (χ1v) is 7.45. The highest BCUT2D eigenvalue weighted by molar-refractivity contribution is 5.70. The van der Waals surface area contributed by atoms with Crippen molar-refractivity contribution in [1.82, 2.24) is 4.90 Å². The van der Waals surface area contributed by atoms with E-state index < -0.39 is 5.60 Å². The van der Waals surface area contributed by atoms with Crippen molar-refractivity contribution in [1.29, 1.82) is 0 Å². The first-order chi connectivity index (χ1) is 9.31. The van der Waals surface area contributed by atoms with E-state index in [1.54, 1.807) is 4.90 Å². The molecule has 1 fully saturated rings. The Morgan fingerprint density at radius 2 is 1.90 bits per heavy atom. The summed E-state index contributed by atoms with van der Waals surface area (Å²) in [5.74, 6) is 0.171. The van der Waals surface area contributed by atoms with Crippen LogP contribution in [-0.2, 0) is 14.3 Å². The Morgan fingerprint density at radius 3 is 2.50 bits per heavy atom. The van der Waals surface area contributed by atoms with Crippen LogP contribution in [0.4, 0.5) is 4.79 Å². The maximum atomic E-state index is 12.0. The highest BCUT2D eigenvalue weighted by atomic mass is 16.6. The lowest BCUT2D eigenvalue weighted by Crippen LogP contribution is -2.37. The van der Waals surface area contributed by atoms with Crippen LogP contribution in [0.1, 0.15) is 53.4 Å². The standard InChI is InChI=1S/C15H27NO4/c1-5-19-13(17)11-12-7-6-9-16(10-8-12)14(18)20-15(2,3)4/h12H,5-11H2,1-4H3. The molecule has 0 radical (unpaired) electrons. The second-order valence-corrected chi connectivity index (χ2v) is 6.27. The Balaban J connectivity index is 2.43. The van der Waals surface area contributed by atoms with Gasteiger partial charge in [0, 0.05) is 19.5 Å². The van der Waals surface area contributed by atoms with Gasteiger partial charge in [-0.2, -0.15) is 0 Å². The zero-order chi connectivity index (χ0) is 15.2. The van der Waals surface area contributed by atoms with E-state index in [4.69, 9.17) is 9.47 Å². The molecule has 0 aromatic rings. The number of rotatable bonds is 3. The Labute approximate surface area is 121 Å². The molecule has 1 rings (SSSR count). The number of hydrogen-bond acceptors (Lipinski definition) is 4. The van der Waals surface area contributed by atoms with Gasteiger partial charge < -0.3 is 14.4 Å². The second-order valence-electron chi connectivity index (χ2n) is 6.27. The van der Waals surface area contributed by atoms with Gasteiger partial charge in [0.25, 0.3) is 0 Å². The molecule has 1 aliphatic heterocycles. The third-order valence-electron chi connectivity index (χ3n) is 3.26. The minimum absolute atomic E-state index is 0.136. The van der Waals surface area contributed by atoms with Crippen LogP contribution in [0.3, 0.4) is 0 Å². The van der Waals surface area contributed by atoms with Gasteiger partial charge in [0.1, 0.15) is 5.60 Å². The summed E-state index contributed by atoms with van der Waals surface area (Å²) in [6, 6.07) is 0. The van der Waals surface area contributed by atoms with Gasteiger partial charge in [0.15, 0.2) is 0 Å². The number of ether oxygens (including phenoxy) is 2. The molecule has 0 aromatic heterocycles. The van der Waals surface area contributed by atoms with Crippen LogP contribution in [0.2, 0.25) is 0 Å². The third kappa shape index (κ3) is 6.26. The van der Waals surface area contributed by atoms with Gasteiger partial charge in [0.05, 0.1) is 6.61 Å². The molecule has 0 aromatic carbocycles. The van der Waals surface area contributed by atoms with Crippen LogP contribution in [0.25, 0.3) is 0 Å². The number of carbonyl (C=O) groups excluding carboxylic acids is 2. The lowest BCUT2D eigenvalue weighted by Gasteiger charge is -2.26. The van der Waals surface area contributed by atoms with Crippen molar-refractivity contribution in [2.75, 3.05) is 19.7 Å². The molecule has 1 unspecified atom stereocenters. The second kappa shape index (κ2) is 7.50. The molecule has 1 saturated heterocycles. The molecule has 0 aliphatic carbocycles. The summed E-state index contributed by atoms with van der Waals surface area (Å²) >= 11 is 0. The van der Waals surface area contributed by atoms with E-state index in [1.807, 2.05) is 27.7 Å². The van der Waals surface area contributed by atoms with Crippen molar-refractivity contribution in [3.05, 3.63) is 0 Å². The number of amides is 1. The molecule has 1 heterocycles. The molecule has 116 valence electrons. The summed E-state index contributed by atoms with van der Waals surface area (Å²) in [4.78, 5) is 25.3. The number of nitrogens with zero attached hydrogens (tertiary/aromatic N) is 1. The van der Waals surface area contributed by atoms with Gasteiger partial charge in [-0.15, -0.1) is 0 Å². The first-order valence-electron chi connectivity index (χ1n) is 7.45. The molecule has 0 spiro atoms. The van der Waals surface area contributed by atoms with E-state index in [-0.39, 0.29) is 12.1 Å². The smallest absolute Gasteiger partial charge is 0.410 e. The quantitative estimate of drug-likeness (QED) is 0.748. The fourth-order valence-electron chi connectivity index (χ4n) is 2.33. The predicted octanol–water partition coefficient (Wildman–Crippen LogP) is 2.98. The maximum Gasteiger partial charge on any atom is 0.410 e. The highest BCUT2D eigenvalue weighted by Crippen LogP contribution is 2.22. The van der Waals surface area contributed by atoms with E-state index in [0.717, 1.165) is 19.3 Å².